The lowest BCUT2D eigenvalue weighted by atomic mass is 9.96. The zero-order valence-electron chi connectivity index (χ0n) is 14.1. The summed E-state index contributed by atoms with van der Waals surface area (Å²) in [6, 6.07) is 2.15. The second-order valence-electron chi connectivity index (χ2n) is 6.87. The Bertz CT molecular complexity index is 705. The normalized spacial score (nSPS) is 19.1. The summed E-state index contributed by atoms with van der Waals surface area (Å²) in [6.45, 7) is 3.38. The number of rotatable bonds is 2. The number of thiophene rings is 1. The Labute approximate surface area is 146 Å². The predicted octanol–water partition coefficient (Wildman–Crippen LogP) is 3.73. The number of amides is 1. The van der Waals surface area contributed by atoms with Crippen molar-refractivity contribution in [2.24, 2.45) is 0 Å². The van der Waals surface area contributed by atoms with Crippen LogP contribution in [0.3, 0.4) is 0 Å². The number of carbonyl (C=O) groups excluding carboxylic acids is 1. The molecular weight excluding hydrogens is 322 g/mol. The Hall–Kier alpha value is -1.69. The number of hydrogen-bond acceptors (Lipinski definition) is 5. The van der Waals surface area contributed by atoms with Crippen LogP contribution in [0.25, 0.3) is 0 Å². The highest BCUT2D eigenvalue weighted by atomic mass is 32.1. The van der Waals surface area contributed by atoms with Crippen LogP contribution < -0.4 is 0 Å². The van der Waals surface area contributed by atoms with Crippen LogP contribution in [0.1, 0.15) is 69.8 Å². The molecule has 1 aliphatic carbocycles. The van der Waals surface area contributed by atoms with Crippen LogP contribution in [0.2, 0.25) is 0 Å². The first-order chi connectivity index (χ1) is 11.7. The Kier molecular flexibility index (Phi) is 4.39. The largest absolute Gasteiger partial charge is 0.339 e. The average Bonchev–Trinajstić information content (AvgIpc) is 3.15. The number of fused-ring (bicyclic) bond motifs is 1. The molecule has 2 aromatic heterocycles. The van der Waals surface area contributed by atoms with Gasteiger partial charge in [-0.2, -0.15) is 4.98 Å². The van der Waals surface area contributed by atoms with Gasteiger partial charge in [-0.3, -0.25) is 4.79 Å². The van der Waals surface area contributed by atoms with Crippen molar-refractivity contribution in [3.8, 4) is 0 Å². The quantitative estimate of drug-likeness (QED) is 0.778. The number of hydrogen-bond donors (Lipinski definition) is 0. The van der Waals surface area contributed by atoms with Crippen molar-refractivity contribution < 1.29 is 9.32 Å². The lowest BCUT2D eigenvalue weighted by molar-refractivity contribution is 0.0709. The molecule has 0 radical (unpaired) electrons. The molecule has 0 spiro atoms. The first-order valence-electron chi connectivity index (χ1n) is 8.92. The van der Waals surface area contributed by atoms with Gasteiger partial charge in [0.25, 0.3) is 5.91 Å². The van der Waals surface area contributed by atoms with Crippen molar-refractivity contribution in [1.82, 2.24) is 15.0 Å². The minimum absolute atomic E-state index is 0.202. The molecule has 4 rings (SSSR count). The number of likely N-dealkylation sites (tertiary alicyclic amines) is 1. The van der Waals surface area contributed by atoms with Gasteiger partial charge in [0.15, 0.2) is 5.82 Å². The Morgan fingerprint density at radius 2 is 2.04 bits per heavy atom. The second kappa shape index (κ2) is 6.67. The van der Waals surface area contributed by atoms with E-state index in [9.17, 15) is 4.79 Å². The minimum atomic E-state index is 0.202. The van der Waals surface area contributed by atoms with E-state index in [0.29, 0.717) is 5.82 Å². The molecule has 1 amide bonds. The zero-order valence-corrected chi connectivity index (χ0v) is 14.9. The molecule has 0 aromatic carbocycles. The monoisotopic (exact) mass is 345 g/mol. The minimum Gasteiger partial charge on any atom is -0.339 e. The third kappa shape index (κ3) is 3.11. The smallest absolute Gasteiger partial charge is 0.263 e. The fourth-order valence-electron chi connectivity index (χ4n) is 3.74. The molecule has 128 valence electrons. The van der Waals surface area contributed by atoms with Crippen molar-refractivity contribution in [3.63, 3.8) is 0 Å². The van der Waals surface area contributed by atoms with Gasteiger partial charge in [0.2, 0.25) is 5.89 Å². The summed E-state index contributed by atoms with van der Waals surface area (Å²) >= 11 is 1.72. The summed E-state index contributed by atoms with van der Waals surface area (Å²) in [6.07, 6.45) is 7.91. The summed E-state index contributed by atoms with van der Waals surface area (Å²) in [5.74, 6) is 1.90. The topological polar surface area (TPSA) is 59.2 Å². The molecule has 1 saturated heterocycles. The Morgan fingerprint density at radius 1 is 1.25 bits per heavy atom. The lowest BCUT2D eigenvalue weighted by Gasteiger charge is -2.30. The molecule has 6 heteroatoms. The van der Waals surface area contributed by atoms with Crippen molar-refractivity contribution in [3.05, 3.63) is 33.1 Å². The molecule has 1 aliphatic heterocycles. The number of aromatic nitrogens is 2. The van der Waals surface area contributed by atoms with E-state index in [-0.39, 0.29) is 11.8 Å². The molecule has 0 atom stereocenters. The summed E-state index contributed by atoms with van der Waals surface area (Å²) in [5, 5.41) is 3.87. The van der Waals surface area contributed by atoms with Gasteiger partial charge in [-0.15, -0.1) is 11.3 Å². The van der Waals surface area contributed by atoms with Crippen molar-refractivity contribution in [2.75, 3.05) is 13.1 Å². The maximum atomic E-state index is 12.8. The molecule has 1 fully saturated rings. The number of piperidine rings is 1. The van der Waals surface area contributed by atoms with Gasteiger partial charge in [-0.1, -0.05) is 11.6 Å². The van der Waals surface area contributed by atoms with E-state index in [4.69, 9.17) is 4.52 Å². The van der Waals surface area contributed by atoms with E-state index in [1.807, 2.05) is 11.8 Å². The summed E-state index contributed by atoms with van der Waals surface area (Å²) in [7, 11) is 0. The fourth-order valence-corrected chi connectivity index (χ4v) is 4.96. The van der Waals surface area contributed by atoms with E-state index in [1.54, 1.807) is 11.3 Å². The average molecular weight is 345 g/mol. The summed E-state index contributed by atoms with van der Waals surface area (Å²) in [5.41, 5.74) is 1.41. The van der Waals surface area contributed by atoms with Gasteiger partial charge in [0, 0.05) is 23.9 Å². The molecule has 0 bridgehead atoms. The molecule has 2 aromatic rings. The molecule has 0 N–H and O–H groups in total. The van der Waals surface area contributed by atoms with E-state index in [1.165, 1.54) is 29.7 Å². The fraction of sp³-hybridized carbons (Fsp3) is 0.611. The summed E-state index contributed by atoms with van der Waals surface area (Å²) < 4.78 is 5.29. The standard InChI is InChI=1S/C18H23N3O2S/c1-12-19-17(23-20-12)13-7-9-21(10-8-13)18(22)16-11-14-5-3-2-4-6-15(14)24-16/h11,13H,2-10H2,1H3. The molecule has 5 nitrogen and oxygen atoms in total. The molecule has 24 heavy (non-hydrogen) atoms. The zero-order chi connectivity index (χ0) is 16.5. The lowest BCUT2D eigenvalue weighted by Crippen LogP contribution is -2.37. The van der Waals surface area contributed by atoms with E-state index >= 15 is 0 Å². The van der Waals surface area contributed by atoms with E-state index in [0.717, 1.165) is 49.5 Å². The SMILES string of the molecule is Cc1noc(C2CCN(C(=O)c3cc4c(s3)CCCCC4)CC2)n1. The first kappa shape index (κ1) is 15.8. The van der Waals surface area contributed by atoms with E-state index in [2.05, 4.69) is 16.2 Å². The molecule has 0 unspecified atom stereocenters. The molecule has 3 heterocycles. The third-order valence-corrected chi connectivity index (χ3v) is 6.36. The molecule has 2 aliphatic rings. The van der Waals surface area contributed by atoms with Crippen molar-refractivity contribution >= 4 is 17.2 Å². The maximum Gasteiger partial charge on any atom is 0.263 e. The van der Waals surface area contributed by atoms with Gasteiger partial charge in [0.1, 0.15) is 0 Å². The van der Waals surface area contributed by atoms with Crippen LogP contribution in [-0.4, -0.2) is 34.0 Å². The third-order valence-electron chi connectivity index (χ3n) is 5.13. The molecular formula is C18H23N3O2S. The van der Waals surface area contributed by atoms with Gasteiger partial charge in [-0.25, -0.2) is 0 Å². The van der Waals surface area contributed by atoms with Gasteiger partial charge < -0.3 is 9.42 Å². The highest BCUT2D eigenvalue weighted by Gasteiger charge is 2.29. The van der Waals surface area contributed by atoms with Crippen LogP contribution in [0.15, 0.2) is 10.6 Å². The van der Waals surface area contributed by atoms with Gasteiger partial charge in [-0.05, 0) is 57.1 Å². The van der Waals surface area contributed by atoms with Gasteiger partial charge in [0.05, 0.1) is 4.88 Å². The predicted molar refractivity (Wildman–Crippen MR) is 92.5 cm³/mol. The molecule has 0 saturated carbocycles. The Balaban J connectivity index is 1.41. The van der Waals surface area contributed by atoms with Crippen molar-refractivity contribution in [2.45, 2.75) is 57.8 Å². The van der Waals surface area contributed by atoms with Crippen LogP contribution in [-0.2, 0) is 12.8 Å². The highest BCUT2D eigenvalue weighted by molar-refractivity contribution is 7.14. The van der Waals surface area contributed by atoms with E-state index < -0.39 is 0 Å². The van der Waals surface area contributed by atoms with Crippen LogP contribution in [0.4, 0.5) is 0 Å². The van der Waals surface area contributed by atoms with Crippen LogP contribution in [0.5, 0.6) is 0 Å². The van der Waals surface area contributed by atoms with Crippen LogP contribution >= 0.6 is 11.3 Å². The maximum absolute atomic E-state index is 12.8. The highest BCUT2D eigenvalue weighted by Crippen LogP contribution is 2.32. The number of nitrogens with zero attached hydrogens (tertiary/aromatic N) is 3. The Morgan fingerprint density at radius 3 is 2.79 bits per heavy atom. The van der Waals surface area contributed by atoms with Gasteiger partial charge >= 0.3 is 0 Å². The summed E-state index contributed by atoms with van der Waals surface area (Å²) in [4.78, 5) is 21.5. The van der Waals surface area contributed by atoms with Crippen LogP contribution in [0, 0.1) is 6.92 Å². The number of aryl methyl sites for hydroxylation is 3. The first-order valence-corrected chi connectivity index (χ1v) is 9.73. The second-order valence-corrected chi connectivity index (χ2v) is 8.00. The number of carbonyl (C=O) groups is 1. The van der Waals surface area contributed by atoms with Crippen molar-refractivity contribution in [1.29, 1.82) is 0 Å².